The molecule has 1 aromatic heterocycles. The van der Waals surface area contributed by atoms with Crippen molar-refractivity contribution in [2.75, 3.05) is 26.3 Å². The number of hydrogen-bond donors (Lipinski definition) is 0. The van der Waals surface area contributed by atoms with Gasteiger partial charge in [0.2, 0.25) is 0 Å². The van der Waals surface area contributed by atoms with E-state index in [9.17, 15) is 0 Å². The molecule has 0 aliphatic carbocycles. The van der Waals surface area contributed by atoms with Crippen molar-refractivity contribution in [1.29, 1.82) is 0 Å². The van der Waals surface area contributed by atoms with Crippen molar-refractivity contribution in [3.8, 4) is 0 Å². The largest absolute Gasteiger partial charge is 0.381 e. The molecule has 0 radical (unpaired) electrons. The zero-order chi connectivity index (χ0) is 11.2. The average Bonchev–Trinajstić information content (AvgIpc) is 2.82. The van der Waals surface area contributed by atoms with Crippen molar-refractivity contribution in [3.63, 3.8) is 0 Å². The van der Waals surface area contributed by atoms with E-state index in [-0.39, 0.29) is 0 Å². The number of pyridine rings is 1. The Labute approximate surface area is 97.4 Å². The van der Waals surface area contributed by atoms with Crippen molar-refractivity contribution in [2.24, 2.45) is 5.92 Å². The average molecular weight is 220 g/mol. The maximum absolute atomic E-state index is 5.41. The van der Waals surface area contributed by atoms with E-state index < -0.39 is 0 Å². The highest BCUT2D eigenvalue weighted by Crippen LogP contribution is 2.15. The molecule has 3 nitrogen and oxygen atoms in total. The van der Waals surface area contributed by atoms with Gasteiger partial charge in [0.25, 0.3) is 0 Å². The van der Waals surface area contributed by atoms with Crippen LogP contribution < -0.4 is 0 Å². The van der Waals surface area contributed by atoms with Gasteiger partial charge in [0.1, 0.15) is 0 Å². The van der Waals surface area contributed by atoms with E-state index in [1.54, 1.807) is 0 Å². The summed E-state index contributed by atoms with van der Waals surface area (Å²) in [4.78, 5) is 6.62. The van der Waals surface area contributed by atoms with E-state index >= 15 is 0 Å². The standard InChI is InChI=1S/C13H20N2O/c1-2-15(10-13-5-7-16-11-13)9-12-4-3-6-14-8-12/h3-4,6,8,13H,2,5,7,9-11H2,1H3/t13-/m1/s1. The lowest BCUT2D eigenvalue weighted by molar-refractivity contribution is 0.166. The van der Waals surface area contributed by atoms with Crippen molar-refractivity contribution in [2.45, 2.75) is 19.9 Å². The predicted octanol–water partition coefficient (Wildman–Crippen LogP) is 1.94. The molecule has 2 heterocycles. The minimum absolute atomic E-state index is 0.719. The van der Waals surface area contributed by atoms with Gasteiger partial charge in [0.05, 0.1) is 6.61 Å². The molecule has 1 atom stereocenters. The van der Waals surface area contributed by atoms with Crippen molar-refractivity contribution < 1.29 is 4.74 Å². The summed E-state index contributed by atoms with van der Waals surface area (Å²) in [6, 6.07) is 4.14. The van der Waals surface area contributed by atoms with E-state index in [2.05, 4.69) is 22.9 Å². The van der Waals surface area contributed by atoms with Gasteiger partial charge >= 0.3 is 0 Å². The van der Waals surface area contributed by atoms with Crippen LogP contribution in [0.5, 0.6) is 0 Å². The number of aromatic nitrogens is 1. The molecule has 0 bridgehead atoms. The van der Waals surface area contributed by atoms with Gasteiger partial charge in [-0.15, -0.1) is 0 Å². The second-order valence-electron chi connectivity index (χ2n) is 4.42. The number of nitrogens with zero attached hydrogens (tertiary/aromatic N) is 2. The molecule has 1 aliphatic rings. The topological polar surface area (TPSA) is 25.4 Å². The fraction of sp³-hybridized carbons (Fsp3) is 0.615. The Morgan fingerprint density at radius 1 is 1.56 bits per heavy atom. The molecule has 0 N–H and O–H groups in total. The van der Waals surface area contributed by atoms with Gasteiger partial charge in [0.15, 0.2) is 0 Å². The van der Waals surface area contributed by atoms with Gasteiger partial charge in [-0.25, -0.2) is 0 Å². The molecule has 1 aromatic rings. The Kier molecular flexibility index (Phi) is 4.31. The fourth-order valence-electron chi connectivity index (χ4n) is 2.15. The first kappa shape index (κ1) is 11.6. The Morgan fingerprint density at radius 2 is 2.50 bits per heavy atom. The summed E-state index contributed by atoms with van der Waals surface area (Å²) in [6.07, 6.45) is 4.99. The lowest BCUT2D eigenvalue weighted by Gasteiger charge is -2.23. The summed E-state index contributed by atoms with van der Waals surface area (Å²) >= 11 is 0. The summed E-state index contributed by atoms with van der Waals surface area (Å²) in [5.74, 6) is 0.719. The highest BCUT2D eigenvalue weighted by molar-refractivity contribution is 5.08. The zero-order valence-electron chi connectivity index (χ0n) is 9.93. The fourth-order valence-corrected chi connectivity index (χ4v) is 2.15. The lowest BCUT2D eigenvalue weighted by atomic mass is 10.1. The van der Waals surface area contributed by atoms with Gasteiger partial charge in [-0.05, 0) is 30.5 Å². The van der Waals surface area contributed by atoms with Crippen LogP contribution in [0, 0.1) is 5.92 Å². The predicted molar refractivity (Wildman–Crippen MR) is 64.1 cm³/mol. The van der Waals surface area contributed by atoms with Crippen LogP contribution in [-0.4, -0.2) is 36.2 Å². The van der Waals surface area contributed by atoms with Crippen molar-refractivity contribution in [1.82, 2.24) is 9.88 Å². The molecule has 3 heteroatoms. The molecule has 0 aromatic carbocycles. The van der Waals surface area contributed by atoms with Crippen LogP contribution >= 0.6 is 0 Å². The number of ether oxygens (including phenoxy) is 1. The summed E-state index contributed by atoms with van der Waals surface area (Å²) in [6.45, 7) is 7.32. The normalized spacial score (nSPS) is 20.5. The van der Waals surface area contributed by atoms with Crippen LogP contribution in [0.4, 0.5) is 0 Å². The van der Waals surface area contributed by atoms with Gasteiger partial charge in [-0.3, -0.25) is 9.88 Å². The molecular weight excluding hydrogens is 200 g/mol. The molecule has 1 fully saturated rings. The quantitative estimate of drug-likeness (QED) is 0.758. The molecule has 16 heavy (non-hydrogen) atoms. The summed E-state index contributed by atoms with van der Waals surface area (Å²) < 4.78 is 5.41. The zero-order valence-corrected chi connectivity index (χ0v) is 9.93. The molecule has 0 saturated carbocycles. The van der Waals surface area contributed by atoms with Gasteiger partial charge < -0.3 is 4.74 Å². The Bertz CT molecular complexity index is 296. The first-order valence-electron chi connectivity index (χ1n) is 6.07. The molecule has 1 saturated heterocycles. The van der Waals surface area contributed by atoms with E-state index in [0.717, 1.165) is 38.8 Å². The van der Waals surface area contributed by atoms with Gasteiger partial charge in [-0.1, -0.05) is 13.0 Å². The van der Waals surface area contributed by atoms with E-state index in [1.807, 2.05) is 18.5 Å². The van der Waals surface area contributed by atoms with Crippen LogP contribution in [-0.2, 0) is 11.3 Å². The van der Waals surface area contributed by atoms with Gasteiger partial charge in [0, 0.05) is 32.1 Å². The van der Waals surface area contributed by atoms with Gasteiger partial charge in [-0.2, -0.15) is 0 Å². The third kappa shape index (κ3) is 3.29. The van der Waals surface area contributed by atoms with E-state index in [0.29, 0.717) is 0 Å². The first-order chi connectivity index (χ1) is 7.88. The molecule has 2 rings (SSSR count). The second-order valence-corrected chi connectivity index (χ2v) is 4.42. The summed E-state index contributed by atoms with van der Waals surface area (Å²) in [7, 11) is 0. The van der Waals surface area contributed by atoms with E-state index in [1.165, 1.54) is 12.0 Å². The smallest absolute Gasteiger partial charge is 0.0507 e. The lowest BCUT2D eigenvalue weighted by Crippen LogP contribution is -2.29. The van der Waals surface area contributed by atoms with Crippen LogP contribution in [0.25, 0.3) is 0 Å². The number of hydrogen-bond acceptors (Lipinski definition) is 3. The Hall–Kier alpha value is -0.930. The summed E-state index contributed by atoms with van der Waals surface area (Å²) in [5.41, 5.74) is 1.29. The van der Waals surface area contributed by atoms with Crippen molar-refractivity contribution in [3.05, 3.63) is 30.1 Å². The Balaban J connectivity index is 1.85. The van der Waals surface area contributed by atoms with E-state index in [4.69, 9.17) is 4.74 Å². The second kappa shape index (κ2) is 5.97. The van der Waals surface area contributed by atoms with Crippen LogP contribution in [0.15, 0.2) is 24.5 Å². The molecular formula is C13H20N2O. The minimum Gasteiger partial charge on any atom is -0.381 e. The monoisotopic (exact) mass is 220 g/mol. The highest BCUT2D eigenvalue weighted by Gasteiger charge is 2.18. The number of rotatable bonds is 5. The van der Waals surface area contributed by atoms with Crippen molar-refractivity contribution >= 4 is 0 Å². The van der Waals surface area contributed by atoms with Crippen LogP contribution in [0.2, 0.25) is 0 Å². The molecule has 88 valence electrons. The molecule has 1 aliphatic heterocycles. The Morgan fingerprint density at radius 3 is 3.12 bits per heavy atom. The molecule has 0 spiro atoms. The maximum Gasteiger partial charge on any atom is 0.0507 e. The first-order valence-corrected chi connectivity index (χ1v) is 6.07. The SMILES string of the molecule is CCN(Cc1cccnc1)C[C@H]1CCOC1. The highest BCUT2D eigenvalue weighted by atomic mass is 16.5. The summed E-state index contributed by atoms with van der Waals surface area (Å²) in [5, 5.41) is 0. The minimum atomic E-state index is 0.719. The van der Waals surface area contributed by atoms with Crippen LogP contribution in [0.1, 0.15) is 18.9 Å². The third-order valence-electron chi connectivity index (χ3n) is 3.12. The molecule has 0 unspecified atom stereocenters. The molecule has 0 amide bonds. The third-order valence-corrected chi connectivity index (χ3v) is 3.12. The maximum atomic E-state index is 5.41. The van der Waals surface area contributed by atoms with Crippen LogP contribution in [0.3, 0.4) is 0 Å².